The van der Waals surface area contributed by atoms with E-state index in [4.69, 9.17) is 14.3 Å². The molecule has 5 rings (SSSR count). The Bertz CT molecular complexity index is 883. The maximum atomic E-state index is 6.62. The minimum atomic E-state index is -0.339. The van der Waals surface area contributed by atoms with Crippen LogP contribution in [0.4, 0.5) is 0 Å². The number of hydrogen-bond donors (Lipinski definition) is 1. The molecule has 0 radical (unpaired) electrons. The fourth-order valence-electron chi connectivity index (χ4n) is 4.39. The highest BCUT2D eigenvalue weighted by atomic mass is 79.9. The summed E-state index contributed by atoms with van der Waals surface area (Å²) in [5.74, 6) is 2.80. The summed E-state index contributed by atoms with van der Waals surface area (Å²) in [6.45, 7) is 4.17. The second-order valence-corrected chi connectivity index (χ2v) is 8.62. The molecule has 26 heavy (non-hydrogen) atoms. The van der Waals surface area contributed by atoms with Gasteiger partial charge >= 0.3 is 0 Å². The van der Waals surface area contributed by atoms with Crippen LogP contribution >= 0.6 is 15.9 Å². The van der Waals surface area contributed by atoms with E-state index in [1.54, 1.807) is 4.90 Å². The summed E-state index contributed by atoms with van der Waals surface area (Å²) in [6.07, 6.45) is 2.82. The topological polar surface area (TPSA) is 42.4 Å². The number of nitrogens with one attached hydrogen (secondary N) is 1. The first kappa shape index (κ1) is 16.4. The molecule has 3 aliphatic rings. The highest BCUT2D eigenvalue weighted by Crippen LogP contribution is 2.49. The van der Waals surface area contributed by atoms with E-state index in [2.05, 4.69) is 46.2 Å². The van der Waals surface area contributed by atoms with Gasteiger partial charge in [0, 0.05) is 16.5 Å². The van der Waals surface area contributed by atoms with Gasteiger partial charge in [-0.2, -0.15) is 5.10 Å². The first-order valence-electron chi connectivity index (χ1n) is 9.27. The van der Waals surface area contributed by atoms with E-state index in [-0.39, 0.29) is 11.8 Å². The van der Waals surface area contributed by atoms with E-state index in [1.165, 1.54) is 5.56 Å². The van der Waals surface area contributed by atoms with Gasteiger partial charge in [-0.25, -0.2) is 5.01 Å². The van der Waals surface area contributed by atoms with Crippen LogP contribution in [0.15, 0.2) is 44.3 Å². The van der Waals surface area contributed by atoms with Gasteiger partial charge in [0.05, 0.1) is 39.0 Å². The van der Waals surface area contributed by atoms with Crippen molar-refractivity contribution in [3.05, 3.63) is 51.9 Å². The van der Waals surface area contributed by atoms with Crippen molar-refractivity contribution in [2.75, 3.05) is 20.1 Å². The van der Waals surface area contributed by atoms with E-state index in [0.717, 1.165) is 59.8 Å². The highest BCUT2D eigenvalue weighted by molar-refractivity contribution is 9.10. The quantitative estimate of drug-likeness (QED) is 0.776. The van der Waals surface area contributed by atoms with Crippen LogP contribution in [0.2, 0.25) is 0 Å². The summed E-state index contributed by atoms with van der Waals surface area (Å²) < 4.78 is 13.6. The largest absolute Gasteiger partial charge is 0.466 e. The lowest BCUT2D eigenvalue weighted by atomic mass is 9.91. The normalized spacial score (nSPS) is 30.0. The summed E-state index contributed by atoms with van der Waals surface area (Å²) in [6, 6.07) is 10.6. The molecule has 136 valence electrons. The third-order valence-corrected chi connectivity index (χ3v) is 6.36. The second kappa shape index (κ2) is 5.86. The number of ether oxygens (including phenoxy) is 1. The van der Waals surface area contributed by atoms with Gasteiger partial charge in [-0.3, -0.25) is 0 Å². The number of halogens is 1. The summed E-state index contributed by atoms with van der Waals surface area (Å²) in [7, 11) is 2.25. The van der Waals surface area contributed by atoms with Gasteiger partial charge in [0.1, 0.15) is 23.0 Å². The predicted molar refractivity (Wildman–Crippen MR) is 103 cm³/mol. The van der Waals surface area contributed by atoms with E-state index in [1.807, 2.05) is 19.1 Å². The molecule has 4 heterocycles. The molecule has 3 aliphatic heterocycles. The third kappa shape index (κ3) is 2.50. The van der Waals surface area contributed by atoms with Crippen molar-refractivity contribution in [3.63, 3.8) is 0 Å². The molecule has 1 aromatic carbocycles. The summed E-state index contributed by atoms with van der Waals surface area (Å²) in [4.78, 5) is 1.56. The maximum Gasteiger partial charge on any atom is 0.208 e. The number of aryl methyl sites for hydroxylation is 1. The van der Waals surface area contributed by atoms with Crippen LogP contribution in [0.1, 0.15) is 42.4 Å². The molecule has 0 saturated carbocycles. The molecular formula is C20H23BrN3O2+. The molecule has 1 N–H and O–H groups in total. The minimum absolute atomic E-state index is 0.204. The molecule has 0 unspecified atom stereocenters. The fraction of sp³-hybridized carbons (Fsp3) is 0.450. The number of furan rings is 1. The number of nitrogens with zero attached hydrogens (tertiary/aromatic N) is 2. The van der Waals surface area contributed by atoms with Gasteiger partial charge in [-0.05, 0) is 37.3 Å². The number of benzene rings is 1. The fourth-order valence-corrected chi connectivity index (χ4v) is 4.77. The molecule has 2 aromatic rings. The van der Waals surface area contributed by atoms with Crippen LogP contribution in [0.5, 0.6) is 5.75 Å². The molecule has 0 amide bonds. The molecule has 5 nitrogen and oxygen atoms in total. The summed E-state index contributed by atoms with van der Waals surface area (Å²) in [5.41, 5.74) is 1.89. The monoisotopic (exact) mass is 416 g/mol. The van der Waals surface area contributed by atoms with Crippen LogP contribution in [0, 0.1) is 6.92 Å². The Labute approximate surface area is 161 Å². The standard InChI is InChI=1S/C20H22BrN3O2/c1-13-3-5-19(25-13)16-12-17-15-11-14(21)4-6-18(15)26-20(24(17)22-16)7-9-23(2)10-8-20/h3-6,11,17H,7-10,12H2,1-2H3/p+1/t17-/m1/s1. The first-order chi connectivity index (χ1) is 12.5. The molecule has 1 fully saturated rings. The van der Waals surface area contributed by atoms with E-state index < -0.39 is 0 Å². The zero-order valence-electron chi connectivity index (χ0n) is 15.1. The molecule has 1 aromatic heterocycles. The van der Waals surface area contributed by atoms with Gasteiger partial charge in [0.25, 0.3) is 0 Å². The van der Waals surface area contributed by atoms with Crippen molar-refractivity contribution in [2.24, 2.45) is 5.10 Å². The zero-order valence-corrected chi connectivity index (χ0v) is 16.7. The maximum absolute atomic E-state index is 6.62. The Morgan fingerprint density at radius 3 is 2.77 bits per heavy atom. The molecule has 0 bridgehead atoms. The molecule has 1 atom stereocenters. The average Bonchev–Trinajstić information content (AvgIpc) is 3.25. The number of quaternary nitrogens is 1. The Morgan fingerprint density at radius 2 is 2.04 bits per heavy atom. The second-order valence-electron chi connectivity index (χ2n) is 7.71. The van der Waals surface area contributed by atoms with Gasteiger partial charge in [0.15, 0.2) is 0 Å². The number of likely N-dealkylation sites (tertiary alicyclic amines) is 1. The Kier molecular flexibility index (Phi) is 3.69. The van der Waals surface area contributed by atoms with Crippen molar-refractivity contribution >= 4 is 21.6 Å². The van der Waals surface area contributed by atoms with Crippen LogP contribution in [0.25, 0.3) is 0 Å². The summed E-state index contributed by atoms with van der Waals surface area (Å²) in [5, 5.41) is 7.27. The molecule has 1 spiro atoms. The molecule has 1 saturated heterocycles. The van der Waals surface area contributed by atoms with Gasteiger partial charge in [0.2, 0.25) is 5.72 Å². The van der Waals surface area contributed by atoms with Crippen molar-refractivity contribution in [3.8, 4) is 5.75 Å². The van der Waals surface area contributed by atoms with E-state index >= 15 is 0 Å². The summed E-state index contributed by atoms with van der Waals surface area (Å²) >= 11 is 3.61. The number of hydrazone groups is 1. The molecule has 6 heteroatoms. The Hall–Kier alpha value is -1.79. The Balaban J connectivity index is 1.59. The van der Waals surface area contributed by atoms with E-state index in [0.29, 0.717) is 0 Å². The van der Waals surface area contributed by atoms with E-state index in [9.17, 15) is 0 Å². The highest BCUT2D eigenvalue weighted by Gasteiger charge is 2.52. The third-order valence-electron chi connectivity index (χ3n) is 5.87. The zero-order chi connectivity index (χ0) is 17.9. The average molecular weight is 417 g/mol. The van der Waals surface area contributed by atoms with Crippen molar-refractivity contribution in [2.45, 2.75) is 38.0 Å². The van der Waals surface area contributed by atoms with Crippen LogP contribution in [-0.2, 0) is 0 Å². The van der Waals surface area contributed by atoms with Crippen molar-refractivity contribution in [1.29, 1.82) is 0 Å². The smallest absolute Gasteiger partial charge is 0.208 e. The lowest BCUT2D eigenvalue weighted by molar-refractivity contribution is -0.888. The minimum Gasteiger partial charge on any atom is -0.466 e. The van der Waals surface area contributed by atoms with Gasteiger partial charge < -0.3 is 14.1 Å². The molecule has 0 aliphatic carbocycles. The van der Waals surface area contributed by atoms with Crippen molar-refractivity contribution < 1.29 is 14.1 Å². The first-order valence-corrected chi connectivity index (χ1v) is 10.1. The SMILES string of the molecule is Cc1ccc(C2=NN3[C@H](C2)c2cc(Br)ccc2OC32CC[NH+](C)CC2)o1. The lowest BCUT2D eigenvalue weighted by Crippen LogP contribution is -3.11. The Morgan fingerprint density at radius 1 is 1.23 bits per heavy atom. The number of rotatable bonds is 1. The number of piperidine rings is 1. The van der Waals surface area contributed by atoms with Crippen LogP contribution in [-0.4, -0.2) is 36.6 Å². The molecular weight excluding hydrogens is 394 g/mol. The predicted octanol–water partition coefficient (Wildman–Crippen LogP) is 2.90. The van der Waals surface area contributed by atoms with Crippen molar-refractivity contribution in [1.82, 2.24) is 5.01 Å². The van der Waals surface area contributed by atoms with Gasteiger partial charge in [-0.15, -0.1) is 0 Å². The van der Waals surface area contributed by atoms with Crippen LogP contribution in [0.3, 0.4) is 0 Å². The number of fused-ring (bicyclic) bond motifs is 4. The van der Waals surface area contributed by atoms with Gasteiger partial charge in [-0.1, -0.05) is 15.9 Å². The lowest BCUT2D eigenvalue weighted by Gasteiger charge is -2.49. The van der Waals surface area contributed by atoms with Crippen LogP contribution < -0.4 is 9.64 Å². The number of hydrogen-bond acceptors (Lipinski definition) is 4.